The molecule has 0 bridgehead atoms. The number of halogens is 4. The Balaban J connectivity index is 1.91. The molecule has 0 spiro atoms. The molecule has 0 fully saturated rings. The van der Waals surface area contributed by atoms with Crippen molar-refractivity contribution in [2.24, 2.45) is 5.84 Å². The monoisotopic (exact) mass is 562 g/mol. The molecule has 11 heteroatoms. The zero-order chi connectivity index (χ0) is 26.9. The van der Waals surface area contributed by atoms with Gasteiger partial charge in [0.1, 0.15) is 17.6 Å². The lowest BCUT2D eigenvalue weighted by Gasteiger charge is -2.23. The maximum absolute atomic E-state index is 14.1. The number of hydrazine groups is 1. The third-order valence-electron chi connectivity index (χ3n) is 6.06. The molecule has 192 valence electrons. The lowest BCUT2D eigenvalue weighted by Crippen LogP contribution is -2.34. The van der Waals surface area contributed by atoms with Gasteiger partial charge in [-0.05, 0) is 54.8 Å². The summed E-state index contributed by atoms with van der Waals surface area (Å²) < 4.78 is 40.7. The van der Waals surface area contributed by atoms with Crippen LogP contribution in [-0.2, 0) is 5.92 Å². The van der Waals surface area contributed by atoms with Crippen molar-refractivity contribution >= 4 is 52.7 Å². The Hall–Kier alpha value is -2.98. The molecule has 3 aromatic rings. The van der Waals surface area contributed by atoms with Gasteiger partial charge >= 0.3 is 0 Å². The van der Waals surface area contributed by atoms with E-state index in [1.54, 1.807) is 35.8 Å². The maximum atomic E-state index is 14.1. The summed E-state index contributed by atoms with van der Waals surface area (Å²) in [5.41, 5.74) is 2.64. The predicted molar refractivity (Wildman–Crippen MR) is 145 cm³/mol. The molecule has 1 aromatic heterocycles. The number of hydrogen-bond donors (Lipinski definition) is 3. The van der Waals surface area contributed by atoms with Crippen molar-refractivity contribution in [3.8, 4) is 0 Å². The van der Waals surface area contributed by atoms with E-state index in [1.807, 2.05) is 30.4 Å². The van der Waals surface area contributed by atoms with E-state index >= 15 is 0 Å². The number of hydrazone groups is 1. The molecule has 4 N–H and O–H groups in total. The summed E-state index contributed by atoms with van der Waals surface area (Å²) in [6.07, 6.45) is 6.65. The summed E-state index contributed by atoms with van der Waals surface area (Å²) in [6, 6.07) is 11.7. The minimum absolute atomic E-state index is 0.289. The highest BCUT2D eigenvalue weighted by atomic mass is 35.5. The molecule has 0 saturated heterocycles. The Morgan fingerprint density at radius 3 is 2.68 bits per heavy atom. The summed E-state index contributed by atoms with van der Waals surface area (Å²) in [5.74, 6) is 3.93. The van der Waals surface area contributed by atoms with Crippen molar-refractivity contribution in [2.45, 2.75) is 37.1 Å². The summed E-state index contributed by atoms with van der Waals surface area (Å²) in [7, 11) is 0. The largest absolute Gasteiger partial charge is 0.325 e. The van der Waals surface area contributed by atoms with Crippen LogP contribution in [0.25, 0.3) is 5.57 Å². The van der Waals surface area contributed by atoms with Crippen LogP contribution in [0.1, 0.15) is 42.0 Å². The van der Waals surface area contributed by atoms with E-state index in [2.05, 4.69) is 4.98 Å². The minimum atomic E-state index is -3.11. The van der Waals surface area contributed by atoms with E-state index in [-0.39, 0.29) is 11.4 Å². The maximum Gasteiger partial charge on any atom is 0.288 e. The zero-order valence-corrected chi connectivity index (χ0v) is 22.2. The number of imidazole rings is 1. The van der Waals surface area contributed by atoms with Crippen molar-refractivity contribution < 1.29 is 18.0 Å². The Labute approximate surface area is 227 Å². The molecule has 1 unspecified atom stereocenters. The fraction of sp³-hybridized carbons (Fsp3) is 0.192. The van der Waals surface area contributed by atoms with E-state index in [0.717, 1.165) is 24.3 Å². The number of allylic oxidation sites excluding steroid dienone is 4. The third-order valence-corrected chi connectivity index (χ3v) is 7.08. The second kappa shape index (κ2) is 10.8. The summed E-state index contributed by atoms with van der Waals surface area (Å²) in [5, 5.41) is 8.84. The number of hydrogen-bond acceptors (Lipinski definition) is 5. The molecule has 1 heterocycles. The normalized spacial score (nSPS) is 16.7. The first-order valence-electron chi connectivity index (χ1n) is 11.2. The van der Waals surface area contributed by atoms with Gasteiger partial charge in [-0.2, -0.15) is 8.78 Å². The number of nitrogens with zero attached hydrogens (tertiary/aromatic N) is 3. The first-order chi connectivity index (χ1) is 17.5. The molecule has 1 aliphatic rings. The first kappa shape index (κ1) is 27.1. The van der Waals surface area contributed by atoms with E-state index in [4.69, 9.17) is 34.5 Å². The Bertz CT molecular complexity index is 1460. The van der Waals surface area contributed by atoms with Gasteiger partial charge in [0.15, 0.2) is 0 Å². The van der Waals surface area contributed by atoms with Gasteiger partial charge in [-0.15, -0.1) is 0 Å². The molecular weight excluding hydrogens is 539 g/mol. The Kier molecular flexibility index (Phi) is 7.89. The molecule has 1 atom stereocenters. The molecule has 2 aromatic carbocycles. The fourth-order valence-electron chi connectivity index (χ4n) is 4.22. The van der Waals surface area contributed by atoms with Gasteiger partial charge in [0, 0.05) is 41.2 Å². The number of rotatable bonds is 7. The van der Waals surface area contributed by atoms with Crippen molar-refractivity contribution in [2.75, 3.05) is 0 Å². The van der Waals surface area contributed by atoms with Gasteiger partial charge in [-0.3, -0.25) is 0 Å². The Morgan fingerprint density at radius 1 is 1.30 bits per heavy atom. The summed E-state index contributed by atoms with van der Waals surface area (Å²) in [4.78, 5) is 4.75. The van der Waals surface area contributed by atoms with E-state index in [1.165, 1.54) is 10.9 Å². The molecule has 1 aliphatic carbocycles. The van der Waals surface area contributed by atoms with Crippen LogP contribution in [0.2, 0.25) is 10.0 Å². The summed E-state index contributed by atoms with van der Waals surface area (Å²) >= 11 is 13.1. The van der Waals surface area contributed by atoms with Crippen LogP contribution in [0.3, 0.4) is 0 Å². The SMILES string of the molecule is Cc1nc(C(C)(F)F)cn1C1CC=C(c2cccc(SO)c2)C=C1[N+](N)=C(C=N)c1ccc(Cl)cc1Cl. The van der Waals surface area contributed by atoms with Crippen molar-refractivity contribution in [3.05, 3.63) is 99.2 Å². The predicted octanol–water partition coefficient (Wildman–Crippen LogP) is 7.11. The van der Waals surface area contributed by atoms with Crippen LogP contribution >= 0.6 is 35.2 Å². The molecule has 0 saturated carbocycles. The molecule has 0 radical (unpaired) electrons. The number of nitrogens with one attached hydrogen (secondary N) is 1. The fourth-order valence-corrected chi connectivity index (χ4v) is 5.04. The van der Waals surface area contributed by atoms with Crippen LogP contribution in [0.4, 0.5) is 8.78 Å². The minimum Gasteiger partial charge on any atom is -0.325 e. The highest BCUT2D eigenvalue weighted by Gasteiger charge is 2.35. The lowest BCUT2D eigenvalue weighted by molar-refractivity contribution is -0.493. The molecule has 4 rings (SSSR count). The molecular formula is C26H24Cl2F2N5OS+. The topological polar surface area (TPSA) is 90.9 Å². The summed E-state index contributed by atoms with van der Waals surface area (Å²) in [6.45, 7) is 2.46. The second-order valence-electron chi connectivity index (χ2n) is 8.59. The highest BCUT2D eigenvalue weighted by Crippen LogP contribution is 2.36. The van der Waals surface area contributed by atoms with Crippen LogP contribution < -0.4 is 5.84 Å². The van der Waals surface area contributed by atoms with Crippen LogP contribution in [-0.4, -0.2) is 30.7 Å². The third kappa shape index (κ3) is 5.65. The standard InChI is InChI=1S/C26H23Cl2F2N5OS/c1-15-33-25(26(2,29)30)14-34(15)22-9-6-17(16-4-3-5-19(10-16)37-36)11-23(22)35(32)24(13-31)20-8-7-18(27)12-21(20)28/h3-8,10-14,22,31H,9,32H2,1-2H3/p+1. The van der Waals surface area contributed by atoms with Crippen LogP contribution in [0.5, 0.6) is 0 Å². The number of aryl methyl sites for hydroxylation is 1. The van der Waals surface area contributed by atoms with Gasteiger partial charge in [-0.1, -0.05) is 46.1 Å². The number of nitrogens with two attached hydrogens (primary N) is 1. The van der Waals surface area contributed by atoms with E-state index < -0.39 is 12.0 Å². The van der Waals surface area contributed by atoms with E-state index in [0.29, 0.717) is 50.5 Å². The highest BCUT2D eigenvalue weighted by molar-refractivity contribution is 7.93. The molecule has 37 heavy (non-hydrogen) atoms. The number of benzene rings is 2. The smallest absolute Gasteiger partial charge is 0.288 e. The van der Waals surface area contributed by atoms with Gasteiger partial charge in [-0.25, -0.2) is 10.8 Å². The molecule has 0 amide bonds. The molecule has 0 aliphatic heterocycles. The van der Waals surface area contributed by atoms with Gasteiger partial charge in [0.25, 0.3) is 11.6 Å². The van der Waals surface area contributed by atoms with Crippen LogP contribution in [0.15, 0.2) is 71.4 Å². The average molecular weight is 563 g/mol. The quantitative estimate of drug-likeness (QED) is 0.0940. The van der Waals surface area contributed by atoms with Gasteiger partial charge in [0.05, 0.1) is 16.8 Å². The average Bonchev–Trinajstić information content (AvgIpc) is 3.27. The van der Waals surface area contributed by atoms with Crippen LogP contribution in [0, 0.1) is 12.3 Å². The van der Waals surface area contributed by atoms with Gasteiger partial charge < -0.3 is 14.5 Å². The van der Waals surface area contributed by atoms with Crippen molar-refractivity contribution in [1.82, 2.24) is 9.55 Å². The zero-order valence-electron chi connectivity index (χ0n) is 19.9. The van der Waals surface area contributed by atoms with Crippen molar-refractivity contribution in [3.63, 3.8) is 0 Å². The number of alkyl halides is 2. The second-order valence-corrected chi connectivity index (χ2v) is 10.1. The van der Waals surface area contributed by atoms with Crippen molar-refractivity contribution in [1.29, 1.82) is 5.41 Å². The lowest BCUT2D eigenvalue weighted by atomic mass is 9.94. The first-order valence-corrected chi connectivity index (χ1v) is 12.7. The molecule has 6 nitrogen and oxygen atoms in total. The number of aromatic nitrogens is 2. The van der Waals surface area contributed by atoms with Gasteiger partial charge in [0.2, 0.25) is 5.70 Å². The van der Waals surface area contributed by atoms with E-state index in [9.17, 15) is 13.3 Å². The Morgan fingerprint density at radius 2 is 2.05 bits per heavy atom.